The lowest BCUT2D eigenvalue weighted by atomic mass is 10.0. The molecule has 0 atom stereocenters. The van der Waals surface area contributed by atoms with Gasteiger partial charge < -0.3 is 0 Å². The number of hydrogen-bond acceptors (Lipinski definition) is 0. The first-order chi connectivity index (χ1) is 8.15. The Labute approximate surface area is 103 Å². The van der Waals surface area contributed by atoms with Crippen LogP contribution in [-0.4, -0.2) is 0 Å². The minimum atomic E-state index is 1.10. The molecule has 0 unspecified atom stereocenters. The van der Waals surface area contributed by atoms with Gasteiger partial charge in [0.2, 0.25) is 11.2 Å². The molecule has 0 bridgehead atoms. The number of rotatable bonds is 2. The van der Waals surface area contributed by atoms with E-state index in [1.54, 1.807) is 0 Å². The molecule has 86 valence electrons. The fourth-order valence-electron chi connectivity index (χ4n) is 2.23. The average molecular weight is 224 g/mol. The molecule has 0 N–H and O–H groups in total. The van der Waals surface area contributed by atoms with E-state index >= 15 is 0 Å². The number of allylic oxidation sites excluding steroid dienone is 3. The summed E-state index contributed by atoms with van der Waals surface area (Å²) >= 11 is 0. The number of para-hydroxylation sites is 1. The molecule has 0 fully saturated rings. The molecule has 0 aliphatic heterocycles. The van der Waals surface area contributed by atoms with Gasteiger partial charge in [0.25, 0.3) is 0 Å². The molecule has 1 heterocycles. The number of aryl methyl sites for hydroxylation is 1. The number of hydrogen-bond donors (Lipinski definition) is 0. The second-order valence-electron chi connectivity index (χ2n) is 4.32. The van der Waals surface area contributed by atoms with Crippen LogP contribution in [-0.2, 0) is 7.05 Å². The van der Waals surface area contributed by atoms with Gasteiger partial charge >= 0.3 is 0 Å². The Morgan fingerprint density at radius 2 is 1.88 bits per heavy atom. The van der Waals surface area contributed by atoms with E-state index in [0.717, 1.165) is 5.57 Å². The van der Waals surface area contributed by atoms with Crippen LogP contribution in [0.5, 0.6) is 0 Å². The van der Waals surface area contributed by atoms with Crippen LogP contribution in [0.2, 0.25) is 0 Å². The van der Waals surface area contributed by atoms with E-state index in [4.69, 9.17) is 0 Å². The Morgan fingerprint density at radius 1 is 1.18 bits per heavy atom. The number of benzene rings is 1. The van der Waals surface area contributed by atoms with Crippen molar-refractivity contribution in [2.75, 3.05) is 0 Å². The lowest BCUT2D eigenvalue weighted by Gasteiger charge is -2.06. The van der Waals surface area contributed by atoms with Gasteiger partial charge in [-0.05, 0) is 31.6 Å². The molecule has 0 amide bonds. The average Bonchev–Trinajstić information content (AvgIpc) is 2.33. The Morgan fingerprint density at radius 3 is 2.53 bits per heavy atom. The molecule has 2 aromatic rings. The van der Waals surface area contributed by atoms with Crippen LogP contribution >= 0.6 is 0 Å². The van der Waals surface area contributed by atoms with Crippen molar-refractivity contribution in [3.8, 4) is 0 Å². The molecular weight excluding hydrogens is 206 g/mol. The normalized spacial score (nSPS) is 11.8. The van der Waals surface area contributed by atoms with Crippen LogP contribution in [0.25, 0.3) is 16.5 Å². The van der Waals surface area contributed by atoms with Crippen molar-refractivity contribution in [2.24, 2.45) is 7.05 Å². The summed E-state index contributed by atoms with van der Waals surface area (Å²) in [7, 11) is 2.10. The third-order valence-electron chi connectivity index (χ3n) is 3.10. The lowest BCUT2D eigenvalue weighted by Crippen LogP contribution is -2.34. The van der Waals surface area contributed by atoms with Gasteiger partial charge in [0.1, 0.15) is 7.05 Å². The summed E-state index contributed by atoms with van der Waals surface area (Å²) in [6.07, 6.45) is 2.12. The quantitative estimate of drug-likeness (QED) is 0.541. The second-order valence-corrected chi connectivity index (χ2v) is 4.32. The van der Waals surface area contributed by atoms with Gasteiger partial charge in [-0.1, -0.05) is 24.8 Å². The van der Waals surface area contributed by atoms with Gasteiger partial charge in [0.15, 0.2) is 0 Å². The molecule has 0 radical (unpaired) electrons. The molecular formula is C16H18N+. The van der Waals surface area contributed by atoms with Gasteiger partial charge in [-0.3, -0.25) is 0 Å². The maximum absolute atomic E-state index is 4.04. The largest absolute Gasteiger partial charge is 0.212 e. The highest BCUT2D eigenvalue weighted by Gasteiger charge is 2.15. The number of pyridine rings is 1. The molecule has 1 aromatic heterocycles. The zero-order chi connectivity index (χ0) is 12.4. The smallest absolute Gasteiger partial charge is 0.194 e. The molecule has 0 saturated heterocycles. The predicted molar refractivity (Wildman–Crippen MR) is 73.6 cm³/mol. The zero-order valence-corrected chi connectivity index (χ0v) is 10.7. The Bertz CT molecular complexity index is 606. The van der Waals surface area contributed by atoms with Crippen LogP contribution in [0.1, 0.15) is 19.5 Å². The maximum atomic E-state index is 4.04. The molecule has 1 nitrogen and oxygen atoms in total. The number of aromatic nitrogens is 1. The van der Waals surface area contributed by atoms with E-state index in [9.17, 15) is 0 Å². The van der Waals surface area contributed by atoms with E-state index < -0.39 is 0 Å². The van der Waals surface area contributed by atoms with Crippen LogP contribution in [0.3, 0.4) is 0 Å². The van der Waals surface area contributed by atoms with Crippen molar-refractivity contribution in [1.29, 1.82) is 0 Å². The van der Waals surface area contributed by atoms with Crippen molar-refractivity contribution < 1.29 is 4.57 Å². The molecule has 0 spiro atoms. The second kappa shape index (κ2) is 4.54. The summed E-state index contributed by atoms with van der Waals surface area (Å²) in [6, 6.07) is 12.7. The molecule has 0 aliphatic rings. The first-order valence-electron chi connectivity index (χ1n) is 5.85. The Balaban J connectivity index is 2.72. The monoisotopic (exact) mass is 224 g/mol. The number of nitrogens with zero attached hydrogens (tertiary/aromatic N) is 1. The summed E-state index contributed by atoms with van der Waals surface area (Å²) in [6.45, 7) is 8.14. The third-order valence-corrected chi connectivity index (χ3v) is 3.10. The van der Waals surface area contributed by atoms with Gasteiger partial charge in [0.05, 0.1) is 0 Å². The molecule has 2 rings (SSSR count). The minimum Gasteiger partial charge on any atom is -0.194 e. The van der Waals surface area contributed by atoms with Gasteiger partial charge in [-0.15, -0.1) is 0 Å². The molecule has 1 aromatic carbocycles. The summed E-state index contributed by atoms with van der Waals surface area (Å²) in [5, 5.41) is 1.26. The van der Waals surface area contributed by atoms with Crippen LogP contribution < -0.4 is 4.57 Å². The Kier molecular flexibility index (Phi) is 3.10. The minimum absolute atomic E-state index is 1.10. The summed E-state index contributed by atoms with van der Waals surface area (Å²) in [5.74, 6) is 0. The van der Waals surface area contributed by atoms with Crippen molar-refractivity contribution in [3.05, 3.63) is 60.3 Å². The molecule has 17 heavy (non-hydrogen) atoms. The van der Waals surface area contributed by atoms with Gasteiger partial charge in [0, 0.05) is 23.1 Å². The van der Waals surface area contributed by atoms with E-state index in [-0.39, 0.29) is 0 Å². The fourth-order valence-corrected chi connectivity index (χ4v) is 2.23. The van der Waals surface area contributed by atoms with Gasteiger partial charge in [-0.2, -0.15) is 4.57 Å². The third kappa shape index (κ3) is 2.01. The van der Waals surface area contributed by atoms with E-state index in [0.29, 0.717) is 0 Å². The van der Waals surface area contributed by atoms with E-state index in [1.807, 2.05) is 6.92 Å². The Hall–Kier alpha value is -1.89. The van der Waals surface area contributed by atoms with Crippen molar-refractivity contribution in [1.82, 2.24) is 0 Å². The topological polar surface area (TPSA) is 3.88 Å². The first kappa shape index (κ1) is 11.6. The zero-order valence-electron chi connectivity index (χ0n) is 10.7. The summed E-state index contributed by atoms with van der Waals surface area (Å²) < 4.78 is 2.22. The molecule has 0 aliphatic carbocycles. The fraction of sp³-hybridized carbons (Fsp3) is 0.188. The van der Waals surface area contributed by atoms with Crippen molar-refractivity contribution in [3.63, 3.8) is 0 Å². The van der Waals surface area contributed by atoms with E-state index in [2.05, 4.69) is 67.6 Å². The SMILES string of the molecule is C=C(C)/C(=C\C)c1ccc2ccccc2[n+]1C. The van der Waals surface area contributed by atoms with E-state index in [1.165, 1.54) is 22.2 Å². The standard InChI is InChI=1S/C16H18N/c1-5-14(12(2)3)16-11-10-13-8-6-7-9-15(13)17(16)4/h5-11H,2H2,1,3-4H3/q+1/b14-5+. The van der Waals surface area contributed by atoms with Crippen LogP contribution in [0, 0.1) is 0 Å². The number of fused-ring (bicyclic) bond motifs is 1. The highest BCUT2D eigenvalue weighted by Crippen LogP contribution is 2.20. The highest BCUT2D eigenvalue weighted by atomic mass is 14.9. The van der Waals surface area contributed by atoms with Gasteiger partial charge in [-0.25, -0.2) is 0 Å². The lowest BCUT2D eigenvalue weighted by molar-refractivity contribution is -0.647. The molecule has 0 saturated carbocycles. The maximum Gasteiger partial charge on any atom is 0.212 e. The van der Waals surface area contributed by atoms with Crippen LogP contribution in [0.15, 0.2) is 54.6 Å². The first-order valence-corrected chi connectivity index (χ1v) is 5.85. The summed E-state index contributed by atoms with van der Waals surface area (Å²) in [5.41, 5.74) is 4.75. The van der Waals surface area contributed by atoms with Crippen molar-refractivity contribution in [2.45, 2.75) is 13.8 Å². The van der Waals surface area contributed by atoms with Crippen LogP contribution in [0.4, 0.5) is 0 Å². The molecule has 1 heteroatoms. The predicted octanol–water partition coefficient (Wildman–Crippen LogP) is 3.64. The summed E-state index contributed by atoms with van der Waals surface area (Å²) in [4.78, 5) is 0. The highest BCUT2D eigenvalue weighted by molar-refractivity contribution is 5.80. The van der Waals surface area contributed by atoms with Crippen molar-refractivity contribution >= 4 is 16.5 Å².